The van der Waals surface area contributed by atoms with E-state index in [-0.39, 0.29) is 12.0 Å². The van der Waals surface area contributed by atoms with Gasteiger partial charge in [-0.1, -0.05) is 0 Å². The molecule has 0 aromatic heterocycles. The molecule has 2 fully saturated rings. The number of hydrogen-bond acceptors (Lipinski definition) is 2. The average Bonchev–Trinajstić information content (AvgIpc) is 2.92. The summed E-state index contributed by atoms with van der Waals surface area (Å²) in [6, 6.07) is 2.41. The highest BCUT2D eigenvalue weighted by molar-refractivity contribution is 4.99. The Kier molecular flexibility index (Phi) is 2.32. The van der Waals surface area contributed by atoms with Gasteiger partial charge in [0.1, 0.15) is 0 Å². The number of rotatable bonds is 2. The molecule has 1 saturated heterocycles. The normalized spacial score (nSPS) is 32.4. The topological polar surface area (TPSA) is 33.0 Å². The minimum atomic E-state index is 0.199. The summed E-state index contributed by atoms with van der Waals surface area (Å²) in [7, 11) is 0. The first kappa shape index (κ1) is 8.07. The van der Waals surface area contributed by atoms with Crippen molar-refractivity contribution in [3.05, 3.63) is 0 Å². The molecule has 2 aliphatic rings. The van der Waals surface area contributed by atoms with E-state index in [4.69, 9.17) is 10.00 Å². The Hall–Kier alpha value is -0.550. The Balaban J connectivity index is 1.91. The van der Waals surface area contributed by atoms with Crippen LogP contribution in [0.15, 0.2) is 0 Å². The van der Waals surface area contributed by atoms with Gasteiger partial charge in [-0.25, -0.2) is 0 Å². The molecule has 0 spiro atoms. The zero-order chi connectivity index (χ0) is 8.39. The largest absolute Gasteiger partial charge is 0.377 e. The SMILES string of the molecule is N#CC(C1CC1)C1CCCCO1. The lowest BCUT2D eigenvalue weighted by molar-refractivity contribution is -0.0120. The van der Waals surface area contributed by atoms with E-state index >= 15 is 0 Å². The molecule has 1 aliphatic carbocycles. The maximum absolute atomic E-state index is 8.96. The lowest BCUT2D eigenvalue weighted by Gasteiger charge is -2.26. The molecule has 0 radical (unpaired) electrons. The van der Waals surface area contributed by atoms with Crippen LogP contribution in [0.4, 0.5) is 0 Å². The van der Waals surface area contributed by atoms with Crippen molar-refractivity contribution in [1.82, 2.24) is 0 Å². The average molecular weight is 165 g/mol. The molecule has 1 heterocycles. The zero-order valence-electron chi connectivity index (χ0n) is 7.33. The van der Waals surface area contributed by atoms with Crippen LogP contribution in [0.5, 0.6) is 0 Å². The van der Waals surface area contributed by atoms with Gasteiger partial charge in [0.05, 0.1) is 18.1 Å². The van der Waals surface area contributed by atoms with E-state index in [0.717, 1.165) is 13.0 Å². The lowest BCUT2D eigenvalue weighted by atomic mass is 9.93. The molecule has 0 N–H and O–H groups in total. The summed E-state index contributed by atoms with van der Waals surface area (Å²) >= 11 is 0. The van der Waals surface area contributed by atoms with Crippen molar-refractivity contribution < 1.29 is 4.74 Å². The Morgan fingerprint density at radius 2 is 2.08 bits per heavy atom. The first-order valence-corrected chi connectivity index (χ1v) is 4.93. The van der Waals surface area contributed by atoms with Crippen LogP contribution in [0, 0.1) is 23.2 Å². The maximum atomic E-state index is 8.96. The van der Waals surface area contributed by atoms with Crippen molar-refractivity contribution >= 4 is 0 Å². The van der Waals surface area contributed by atoms with Gasteiger partial charge in [-0.3, -0.25) is 0 Å². The van der Waals surface area contributed by atoms with Crippen molar-refractivity contribution in [2.75, 3.05) is 6.61 Å². The molecule has 0 amide bonds. The van der Waals surface area contributed by atoms with Gasteiger partial charge in [-0.15, -0.1) is 0 Å². The predicted molar refractivity (Wildman–Crippen MR) is 45.4 cm³/mol. The Morgan fingerprint density at radius 3 is 2.58 bits per heavy atom. The van der Waals surface area contributed by atoms with Gasteiger partial charge in [0.25, 0.3) is 0 Å². The Morgan fingerprint density at radius 1 is 1.25 bits per heavy atom. The summed E-state index contributed by atoms with van der Waals surface area (Å²) < 4.78 is 5.61. The lowest BCUT2D eigenvalue weighted by Crippen LogP contribution is -2.28. The number of nitriles is 1. The standard InChI is InChI=1S/C10H15NO/c11-7-9(8-4-5-8)10-3-1-2-6-12-10/h8-10H,1-6H2. The van der Waals surface area contributed by atoms with Gasteiger partial charge in [-0.05, 0) is 38.0 Å². The van der Waals surface area contributed by atoms with Crippen LogP contribution < -0.4 is 0 Å². The van der Waals surface area contributed by atoms with Crippen LogP contribution in [0.2, 0.25) is 0 Å². The van der Waals surface area contributed by atoms with Gasteiger partial charge in [0, 0.05) is 6.61 Å². The van der Waals surface area contributed by atoms with E-state index in [1.54, 1.807) is 0 Å². The van der Waals surface area contributed by atoms with E-state index in [9.17, 15) is 0 Å². The second-order valence-electron chi connectivity index (χ2n) is 3.90. The van der Waals surface area contributed by atoms with Crippen LogP contribution in [-0.4, -0.2) is 12.7 Å². The highest BCUT2D eigenvalue weighted by Gasteiger charge is 2.37. The third-order valence-corrected chi connectivity index (χ3v) is 2.89. The summed E-state index contributed by atoms with van der Waals surface area (Å²) in [6.07, 6.45) is 6.29. The fourth-order valence-corrected chi connectivity index (χ4v) is 2.00. The summed E-state index contributed by atoms with van der Waals surface area (Å²) in [5.74, 6) is 0.864. The molecule has 12 heavy (non-hydrogen) atoms. The molecular weight excluding hydrogens is 150 g/mol. The molecule has 2 atom stereocenters. The fraction of sp³-hybridized carbons (Fsp3) is 0.900. The summed E-state index contributed by atoms with van der Waals surface area (Å²) in [6.45, 7) is 0.871. The molecule has 2 nitrogen and oxygen atoms in total. The van der Waals surface area contributed by atoms with Crippen LogP contribution in [0.1, 0.15) is 32.1 Å². The maximum Gasteiger partial charge on any atom is 0.0753 e. The minimum Gasteiger partial charge on any atom is -0.377 e. The third-order valence-electron chi connectivity index (χ3n) is 2.89. The van der Waals surface area contributed by atoms with Gasteiger partial charge < -0.3 is 4.74 Å². The highest BCUT2D eigenvalue weighted by atomic mass is 16.5. The van der Waals surface area contributed by atoms with E-state index in [1.165, 1.54) is 25.7 Å². The van der Waals surface area contributed by atoms with Crippen LogP contribution in [-0.2, 0) is 4.74 Å². The van der Waals surface area contributed by atoms with Gasteiger partial charge in [0.2, 0.25) is 0 Å². The fourth-order valence-electron chi connectivity index (χ4n) is 2.00. The Labute approximate surface area is 73.5 Å². The summed E-state index contributed by atoms with van der Waals surface area (Å²) in [5.41, 5.74) is 0. The van der Waals surface area contributed by atoms with Crippen molar-refractivity contribution in [3.8, 4) is 6.07 Å². The van der Waals surface area contributed by atoms with E-state index in [1.807, 2.05) is 0 Å². The van der Waals surface area contributed by atoms with Gasteiger partial charge in [0.15, 0.2) is 0 Å². The molecule has 2 heteroatoms. The van der Waals surface area contributed by atoms with E-state index in [0.29, 0.717) is 5.92 Å². The van der Waals surface area contributed by atoms with Gasteiger partial charge >= 0.3 is 0 Å². The molecule has 0 bridgehead atoms. The smallest absolute Gasteiger partial charge is 0.0753 e. The summed E-state index contributed by atoms with van der Waals surface area (Å²) in [5, 5.41) is 8.96. The molecule has 2 rings (SSSR count). The number of nitrogens with zero attached hydrogens (tertiary/aromatic N) is 1. The van der Waals surface area contributed by atoms with Gasteiger partial charge in [-0.2, -0.15) is 5.26 Å². The molecule has 2 unspecified atom stereocenters. The second kappa shape index (κ2) is 3.45. The van der Waals surface area contributed by atoms with Crippen molar-refractivity contribution in [3.63, 3.8) is 0 Å². The zero-order valence-corrected chi connectivity index (χ0v) is 7.33. The Bertz CT molecular complexity index is 187. The van der Waals surface area contributed by atoms with E-state index < -0.39 is 0 Å². The number of ether oxygens (including phenoxy) is 1. The van der Waals surface area contributed by atoms with Crippen LogP contribution in [0.3, 0.4) is 0 Å². The molecule has 1 aliphatic heterocycles. The first-order valence-electron chi connectivity index (χ1n) is 4.93. The molecule has 1 saturated carbocycles. The first-order chi connectivity index (χ1) is 5.92. The van der Waals surface area contributed by atoms with Crippen LogP contribution >= 0.6 is 0 Å². The van der Waals surface area contributed by atoms with E-state index in [2.05, 4.69) is 6.07 Å². The molecule has 66 valence electrons. The molecule has 0 aromatic rings. The second-order valence-corrected chi connectivity index (χ2v) is 3.90. The van der Waals surface area contributed by atoms with Crippen molar-refractivity contribution in [2.45, 2.75) is 38.2 Å². The molecular formula is C10H15NO. The monoisotopic (exact) mass is 165 g/mol. The van der Waals surface area contributed by atoms with Crippen molar-refractivity contribution in [2.24, 2.45) is 11.8 Å². The summed E-state index contributed by atoms with van der Waals surface area (Å²) in [4.78, 5) is 0. The van der Waals surface area contributed by atoms with Crippen molar-refractivity contribution in [1.29, 1.82) is 5.26 Å². The number of hydrogen-bond donors (Lipinski definition) is 0. The minimum absolute atomic E-state index is 0.199. The quantitative estimate of drug-likeness (QED) is 0.627. The molecule has 0 aromatic carbocycles. The van der Waals surface area contributed by atoms with Crippen LogP contribution in [0.25, 0.3) is 0 Å². The predicted octanol–water partition coefficient (Wildman–Crippen LogP) is 2.11. The third kappa shape index (κ3) is 1.61. The highest BCUT2D eigenvalue weighted by Crippen LogP contribution is 2.40.